The molecule has 0 unspecified atom stereocenters. The molecule has 0 spiro atoms. The lowest BCUT2D eigenvalue weighted by Crippen LogP contribution is -2.47. The number of carbonyl (C=O) groups is 1. The van der Waals surface area contributed by atoms with Crippen LogP contribution in [0.1, 0.15) is 12.0 Å². The molecule has 1 aliphatic rings. The van der Waals surface area contributed by atoms with E-state index in [0.29, 0.717) is 6.54 Å². The lowest BCUT2D eigenvalue weighted by atomic mass is 10.2. The molecule has 138 valence electrons. The Kier molecular flexibility index (Phi) is 5.83. The molecule has 0 atom stereocenters. The van der Waals surface area contributed by atoms with Gasteiger partial charge in [-0.1, -0.05) is 12.1 Å². The van der Waals surface area contributed by atoms with E-state index >= 15 is 0 Å². The number of nitrogens with zero attached hydrogens (tertiary/aromatic N) is 2. The van der Waals surface area contributed by atoms with Crippen molar-refractivity contribution in [3.8, 4) is 0 Å². The Labute approximate surface area is 152 Å². The third-order valence-electron chi connectivity index (χ3n) is 4.60. The smallest absolute Gasteiger partial charge is 0.225 e. The maximum Gasteiger partial charge on any atom is 0.225 e. The quantitative estimate of drug-likeness (QED) is 0.889. The van der Waals surface area contributed by atoms with Crippen LogP contribution in [-0.4, -0.2) is 43.5 Å². The summed E-state index contributed by atoms with van der Waals surface area (Å²) in [7, 11) is 0. The van der Waals surface area contributed by atoms with E-state index in [0.717, 1.165) is 38.3 Å². The van der Waals surface area contributed by atoms with Crippen LogP contribution in [0.4, 0.5) is 20.2 Å². The highest BCUT2D eigenvalue weighted by Crippen LogP contribution is 2.18. The lowest BCUT2D eigenvalue weighted by Gasteiger charge is -2.36. The second-order valence-electron chi connectivity index (χ2n) is 6.59. The zero-order valence-corrected chi connectivity index (χ0v) is 14.8. The SMILES string of the molecule is Cc1cccc(N2CCN(CCC(=O)Nc3ccc(F)cc3F)CC2)c1. The maximum atomic E-state index is 13.6. The highest BCUT2D eigenvalue weighted by molar-refractivity contribution is 5.90. The number of nitrogens with one attached hydrogen (secondary N) is 1. The zero-order valence-electron chi connectivity index (χ0n) is 14.8. The van der Waals surface area contributed by atoms with Crippen molar-refractivity contribution in [2.45, 2.75) is 13.3 Å². The van der Waals surface area contributed by atoms with E-state index in [-0.39, 0.29) is 18.0 Å². The summed E-state index contributed by atoms with van der Waals surface area (Å²) in [6.45, 7) is 6.30. The molecule has 0 aliphatic carbocycles. The third-order valence-corrected chi connectivity index (χ3v) is 4.60. The normalized spacial score (nSPS) is 15.1. The molecule has 1 aliphatic heterocycles. The van der Waals surface area contributed by atoms with Crippen molar-refractivity contribution in [1.82, 2.24) is 4.90 Å². The molecule has 1 fully saturated rings. The molecule has 1 heterocycles. The summed E-state index contributed by atoms with van der Waals surface area (Å²) in [4.78, 5) is 16.6. The van der Waals surface area contributed by atoms with Gasteiger partial charge in [-0.15, -0.1) is 0 Å². The molecule has 3 rings (SSSR count). The number of benzene rings is 2. The minimum atomic E-state index is -0.759. The fraction of sp³-hybridized carbons (Fsp3) is 0.350. The van der Waals surface area contributed by atoms with Crippen molar-refractivity contribution in [3.05, 3.63) is 59.7 Å². The Morgan fingerprint density at radius 1 is 1.08 bits per heavy atom. The van der Waals surface area contributed by atoms with E-state index in [1.807, 2.05) is 0 Å². The summed E-state index contributed by atoms with van der Waals surface area (Å²) < 4.78 is 26.5. The predicted octanol–water partition coefficient (Wildman–Crippen LogP) is 3.42. The van der Waals surface area contributed by atoms with Crippen molar-refractivity contribution < 1.29 is 13.6 Å². The van der Waals surface area contributed by atoms with Crippen LogP contribution < -0.4 is 10.2 Å². The molecular formula is C20H23F2N3O. The van der Waals surface area contributed by atoms with Gasteiger partial charge in [0.2, 0.25) is 5.91 Å². The van der Waals surface area contributed by atoms with Gasteiger partial charge >= 0.3 is 0 Å². The molecule has 6 heteroatoms. The molecule has 0 radical (unpaired) electrons. The standard InChI is InChI=1S/C20H23F2N3O/c1-15-3-2-4-17(13-15)25-11-9-24(10-12-25)8-7-20(26)23-19-6-5-16(21)14-18(19)22/h2-6,13-14H,7-12H2,1H3,(H,23,26). The molecule has 0 saturated carbocycles. The largest absolute Gasteiger partial charge is 0.369 e. The van der Waals surface area contributed by atoms with Gasteiger partial charge in [-0.3, -0.25) is 9.69 Å². The van der Waals surface area contributed by atoms with Crippen molar-refractivity contribution in [1.29, 1.82) is 0 Å². The molecule has 0 bridgehead atoms. The van der Waals surface area contributed by atoms with Gasteiger partial charge in [0.05, 0.1) is 5.69 Å². The van der Waals surface area contributed by atoms with E-state index < -0.39 is 11.6 Å². The summed E-state index contributed by atoms with van der Waals surface area (Å²) in [5, 5.41) is 2.50. The minimum Gasteiger partial charge on any atom is -0.369 e. The average molecular weight is 359 g/mol. The molecule has 4 nitrogen and oxygen atoms in total. The number of halogens is 2. The zero-order chi connectivity index (χ0) is 18.5. The number of piperazine rings is 1. The Balaban J connectivity index is 1.44. The van der Waals surface area contributed by atoms with Gasteiger partial charge < -0.3 is 10.2 Å². The second kappa shape index (κ2) is 8.27. The third kappa shape index (κ3) is 4.79. The van der Waals surface area contributed by atoms with Gasteiger partial charge in [-0.25, -0.2) is 8.78 Å². The Morgan fingerprint density at radius 2 is 1.85 bits per heavy atom. The monoisotopic (exact) mass is 359 g/mol. The second-order valence-corrected chi connectivity index (χ2v) is 6.59. The summed E-state index contributed by atoms with van der Waals surface area (Å²) >= 11 is 0. The van der Waals surface area contributed by atoms with Gasteiger partial charge in [0.1, 0.15) is 11.6 Å². The number of anilines is 2. The predicted molar refractivity (Wildman–Crippen MR) is 99.4 cm³/mol. The van der Waals surface area contributed by atoms with E-state index in [4.69, 9.17) is 0 Å². The maximum absolute atomic E-state index is 13.6. The number of rotatable bonds is 5. The molecule has 26 heavy (non-hydrogen) atoms. The lowest BCUT2D eigenvalue weighted by molar-refractivity contribution is -0.116. The van der Waals surface area contributed by atoms with Gasteiger partial charge in [0.25, 0.3) is 0 Å². The number of carbonyl (C=O) groups excluding carboxylic acids is 1. The van der Waals surface area contributed by atoms with Crippen molar-refractivity contribution in [3.63, 3.8) is 0 Å². The summed E-state index contributed by atoms with van der Waals surface area (Å²) in [5.74, 6) is -1.69. The minimum absolute atomic E-state index is 0.0145. The number of aryl methyl sites for hydroxylation is 1. The van der Waals surface area contributed by atoms with Crippen LogP contribution in [0.3, 0.4) is 0 Å². The molecular weight excluding hydrogens is 336 g/mol. The summed E-state index contributed by atoms with van der Waals surface area (Å²) in [6.07, 6.45) is 0.279. The molecule has 1 saturated heterocycles. The van der Waals surface area contributed by atoms with Gasteiger partial charge in [0.15, 0.2) is 0 Å². The van der Waals surface area contributed by atoms with Gasteiger partial charge in [-0.2, -0.15) is 0 Å². The number of hydrogen-bond donors (Lipinski definition) is 1. The van der Waals surface area contributed by atoms with E-state index in [1.165, 1.54) is 17.3 Å². The fourth-order valence-electron chi connectivity index (χ4n) is 3.12. The van der Waals surface area contributed by atoms with Crippen LogP contribution in [0.15, 0.2) is 42.5 Å². The highest BCUT2D eigenvalue weighted by atomic mass is 19.1. The number of amides is 1. The van der Waals surface area contributed by atoms with Gasteiger partial charge in [-0.05, 0) is 36.8 Å². The molecule has 2 aromatic carbocycles. The van der Waals surface area contributed by atoms with E-state index in [1.54, 1.807) is 0 Å². The van der Waals surface area contributed by atoms with E-state index in [2.05, 4.69) is 46.3 Å². The summed E-state index contributed by atoms with van der Waals surface area (Å²) in [5.41, 5.74) is 2.49. The Hall–Kier alpha value is -2.47. The van der Waals surface area contributed by atoms with Crippen LogP contribution in [0, 0.1) is 18.6 Å². The molecule has 0 aromatic heterocycles. The van der Waals surface area contributed by atoms with Gasteiger partial charge in [0, 0.05) is 50.9 Å². The first-order valence-corrected chi connectivity index (χ1v) is 8.80. The van der Waals surface area contributed by atoms with E-state index in [9.17, 15) is 13.6 Å². The van der Waals surface area contributed by atoms with Crippen LogP contribution in [0.5, 0.6) is 0 Å². The topological polar surface area (TPSA) is 35.6 Å². The fourth-order valence-corrected chi connectivity index (χ4v) is 3.12. The molecule has 1 amide bonds. The van der Waals surface area contributed by atoms with Crippen LogP contribution >= 0.6 is 0 Å². The molecule has 2 aromatic rings. The van der Waals surface area contributed by atoms with Crippen LogP contribution in [0.2, 0.25) is 0 Å². The Bertz CT molecular complexity index is 773. The first kappa shape index (κ1) is 18.3. The number of hydrogen-bond acceptors (Lipinski definition) is 3. The average Bonchev–Trinajstić information content (AvgIpc) is 2.63. The van der Waals surface area contributed by atoms with Crippen molar-refractivity contribution >= 4 is 17.3 Å². The van der Waals surface area contributed by atoms with Crippen molar-refractivity contribution in [2.24, 2.45) is 0 Å². The van der Waals surface area contributed by atoms with Crippen LogP contribution in [-0.2, 0) is 4.79 Å². The summed E-state index contributed by atoms with van der Waals surface area (Å²) in [6, 6.07) is 11.6. The highest BCUT2D eigenvalue weighted by Gasteiger charge is 2.18. The van der Waals surface area contributed by atoms with Crippen LogP contribution in [0.25, 0.3) is 0 Å². The van der Waals surface area contributed by atoms with Crippen molar-refractivity contribution in [2.75, 3.05) is 42.9 Å². The molecule has 1 N–H and O–H groups in total. The first-order chi connectivity index (χ1) is 12.5. The Morgan fingerprint density at radius 3 is 2.54 bits per heavy atom. The first-order valence-electron chi connectivity index (χ1n) is 8.80.